The topological polar surface area (TPSA) is 81.2 Å². The van der Waals surface area contributed by atoms with E-state index >= 15 is 0 Å². The highest BCUT2D eigenvalue weighted by Gasteiger charge is 2.26. The molecular weight excluding hydrogens is 358 g/mol. The van der Waals surface area contributed by atoms with E-state index < -0.39 is 12.0 Å². The lowest BCUT2D eigenvalue weighted by Gasteiger charge is -2.21. The first-order valence-corrected chi connectivity index (χ1v) is 10.0. The van der Waals surface area contributed by atoms with Gasteiger partial charge in [0.25, 0.3) is 0 Å². The molecule has 0 saturated heterocycles. The van der Waals surface area contributed by atoms with E-state index in [0.717, 1.165) is 28.1 Å². The van der Waals surface area contributed by atoms with Crippen molar-refractivity contribution in [2.24, 2.45) is 5.92 Å². The van der Waals surface area contributed by atoms with Gasteiger partial charge in [0.15, 0.2) is 0 Å². The maximum atomic E-state index is 12.3. The Labute approximate surface area is 155 Å². The van der Waals surface area contributed by atoms with Gasteiger partial charge in [-0.25, -0.2) is 14.8 Å². The van der Waals surface area contributed by atoms with Crippen molar-refractivity contribution in [2.45, 2.75) is 44.7 Å². The van der Waals surface area contributed by atoms with Crippen LogP contribution >= 0.6 is 23.1 Å². The number of nitrogens with zero attached hydrogens (tertiary/aromatic N) is 2. The Morgan fingerprint density at radius 1 is 1.36 bits per heavy atom. The fraction of sp³-hybridized carbons (Fsp3) is 0.529. The Morgan fingerprint density at radius 2 is 2.12 bits per heavy atom. The molecule has 0 unspecified atom stereocenters. The van der Waals surface area contributed by atoms with Gasteiger partial charge in [-0.3, -0.25) is 4.79 Å². The largest absolute Gasteiger partial charge is 0.467 e. The minimum absolute atomic E-state index is 0.0103. The molecule has 6 nitrogen and oxygen atoms in total. The second-order valence-corrected chi connectivity index (χ2v) is 7.79. The molecule has 1 N–H and O–H groups in total. The summed E-state index contributed by atoms with van der Waals surface area (Å²) in [4.78, 5) is 34.9. The maximum Gasteiger partial charge on any atom is 0.328 e. The van der Waals surface area contributed by atoms with Crippen LogP contribution in [0.15, 0.2) is 17.4 Å². The van der Waals surface area contributed by atoms with E-state index in [9.17, 15) is 9.59 Å². The quantitative estimate of drug-likeness (QED) is 0.430. The molecule has 2 aromatic heterocycles. The van der Waals surface area contributed by atoms with E-state index in [4.69, 9.17) is 4.74 Å². The van der Waals surface area contributed by atoms with Crippen molar-refractivity contribution in [2.75, 3.05) is 12.9 Å². The minimum atomic E-state index is -0.624. The van der Waals surface area contributed by atoms with E-state index in [-0.39, 0.29) is 17.6 Å². The SMILES string of the molecule is CCc1cc2c(SCC(=O)N[C@H](C(=O)OC)[C@@H](C)CC)ncnc2s1. The van der Waals surface area contributed by atoms with Crippen molar-refractivity contribution in [3.63, 3.8) is 0 Å². The minimum Gasteiger partial charge on any atom is -0.467 e. The van der Waals surface area contributed by atoms with E-state index in [1.807, 2.05) is 13.8 Å². The predicted octanol–water partition coefficient (Wildman–Crippen LogP) is 3.05. The molecule has 0 fully saturated rings. The van der Waals surface area contributed by atoms with Crippen molar-refractivity contribution in [1.82, 2.24) is 15.3 Å². The number of amides is 1. The molecule has 0 spiro atoms. The number of aromatic nitrogens is 2. The molecule has 0 saturated carbocycles. The highest BCUT2D eigenvalue weighted by molar-refractivity contribution is 8.00. The second-order valence-electron chi connectivity index (χ2n) is 5.71. The molecule has 25 heavy (non-hydrogen) atoms. The molecule has 1 amide bonds. The van der Waals surface area contributed by atoms with E-state index in [2.05, 4.69) is 28.3 Å². The lowest BCUT2D eigenvalue weighted by Crippen LogP contribution is -2.46. The van der Waals surface area contributed by atoms with Crippen LogP contribution in [0.5, 0.6) is 0 Å². The average molecular weight is 382 g/mol. The zero-order chi connectivity index (χ0) is 18.4. The molecular formula is C17H23N3O3S2. The van der Waals surface area contributed by atoms with E-state index in [1.54, 1.807) is 11.3 Å². The maximum absolute atomic E-state index is 12.3. The van der Waals surface area contributed by atoms with Crippen LogP contribution in [-0.4, -0.2) is 40.7 Å². The Bertz CT molecular complexity index is 748. The Balaban J connectivity index is 2.04. The van der Waals surface area contributed by atoms with E-state index in [1.165, 1.54) is 30.1 Å². The molecule has 0 aromatic carbocycles. The molecule has 2 atom stereocenters. The van der Waals surface area contributed by atoms with Crippen LogP contribution in [0, 0.1) is 5.92 Å². The molecule has 2 rings (SSSR count). The van der Waals surface area contributed by atoms with Crippen molar-refractivity contribution in [3.05, 3.63) is 17.3 Å². The van der Waals surface area contributed by atoms with Gasteiger partial charge in [-0.05, 0) is 18.4 Å². The second kappa shape index (κ2) is 9.15. The zero-order valence-electron chi connectivity index (χ0n) is 14.9. The fourth-order valence-corrected chi connectivity index (χ4v) is 4.10. The standard InChI is InChI=1S/C17H23N3O3S2/c1-5-10(3)14(17(22)23-4)20-13(21)8-24-15-12-7-11(6-2)25-16(12)19-9-18-15/h7,9-10,14H,5-6,8H2,1-4H3,(H,20,21)/t10-,14-/m0/s1. The Kier molecular flexibility index (Phi) is 7.19. The summed E-state index contributed by atoms with van der Waals surface area (Å²) in [5.74, 6) is -0.426. The summed E-state index contributed by atoms with van der Waals surface area (Å²) in [7, 11) is 1.33. The van der Waals surface area contributed by atoms with Gasteiger partial charge in [0.05, 0.1) is 12.9 Å². The van der Waals surface area contributed by atoms with Crippen molar-refractivity contribution in [3.8, 4) is 0 Å². The van der Waals surface area contributed by atoms with Crippen LogP contribution in [0.3, 0.4) is 0 Å². The van der Waals surface area contributed by atoms with Gasteiger partial charge in [0.1, 0.15) is 22.2 Å². The highest BCUT2D eigenvalue weighted by atomic mass is 32.2. The predicted molar refractivity (Wildman–Crippen MR) is 101 cm³/mol. The van der Waals surface area contributed by atoms with Gasteiger partial charge in [0.2, 0.25) is 5.91 Å². The van der Waals surface area contributed by atoms with Gasteiger partial charge in [0, 0.05) is 10.3 Å². The van der Waals surface area contributed by atoms with Gasteiger partial charge < -0.3 is 10.1 Å². The third kappa shape index (κ3) is 4.92. The summed E-state index contributed by atoms with van der Waals surface area (Å²) >= 11 is 3.00. The van der Waals surface area contributed by atoms with Crippen LogP contribution in [-0.2, 0) is 20.7 Å². The molecule has 0 radical (unpaired) electrons. The summed E-state index contributed by atoms with van der Waals surface area (Å²) in [5, 5.41) is 4.54. The number of thiophene rings is 1. The number of aryl methyl sites for hydroxylation is 1. The first-order valence-electron chi connectivity index (χ1n) is 8.23. The molecule has 2 aromatic rings. The van der Waals surface area contributed by atoms with Gasteiger partial charge in [-0.2, -0.15) is 0 Å². The van der Waals surface area contributed by atoms with Crippen LogP contribution in [0.25, 0.3) is 10.2 Å². The summed E-state index contributed by atoms with van der Waals surface area (Å²) in [6.07, 6.45) is 3.24. The van der Waals surface area contributed by atoms with E-state index in [0.29, 0.717) is 0 Å². The number of nitrogens with one attached hydrogen (secondary N) is 1. The molecule has 0 aliphatic heterocycles. The first kappa shape index (κ1) is 19.7. The number of carbonyl (C=O) groups is 2. The Hall–Kier alpha value is -1.67. The average Bonchev–Trinajstić information content (AvgIpc) is 3.07. The summed E-state index contributed by atoms with van der Waals surface area (Å²) in [5.41, 5.74) is 0. The Morgan fingerprint density at radius 3 is 2.76 bits per heavy atom. The molecule has 2 heterocycles. The molecule has 0 aliphatic carbocycles. The highest BCUT2D eigenvalue weighted by Crippen LogP contribution is 2.30. The lowest BCUT2D eigenvalue weighted by atomic mass is 9.99. The normalized spacial score (nSPS) is 13.4. The third-order valence-corrected chi connectivity index (χ3v) is 6.21. The number of ether oxygens (including phenoxy) is 1. The van der Waals surface area contributed by atoms with Crippen LogP contribution < -0.4 is 5.32 Å². The van der Waals surface area contributed by atoms with Crippen LogP contribution in [0.1, 0.15) is 32.1 Å². The molecule has 0 bridgehead atoms. The van der Waals surface area contributed by atoms with Gasteiger partial charge in [-0.1, -0.05) is 39.0 Å². The number of methoxy groups -OCH3 is 1. The number of esters is 1. The number of rotatable bonds is 8. The first-order chi connectivity index (χ1) is 12.0. The smallest absolute Gasteiger partial charge is 0.328 e. The number of carbonyl (C=O) groups excluding carboxylic acids is 2. The van der Waals surface area contributed by atoms with Crippen molar-refractivity contribution < 1.29 is 14.3 Å². The van der Waals surface area contributed by atoms with Crippen molar-refractivity contribution in [1.29, 1.82) is 0 Å². The molecule has 136 valence electrons. The third-order valence-electron chi connectivity index (χ3n) is 4.02. The van der Waals surface area contributed by atoms with Crippen LogP contribution in [0.2, 0.25) is 0 Å². The lowest BCUT2D eigenvalue weighted by molar-refractivity contribution is -0.146. The van der Waals surface area contributed by atoms with Crippen LogP contribution in [0.4, 0.5) is 0 Å². The number of hydrogen-bond donors (Lipinski definition) is 1. The van der Waals surface area contributed by atoms with Crippen molar-refractivity contribution >= 4 is 45.2 Å². The molecule has 0 aliphatic rings. The number of hydrogen-bond acceptors (Lipinski definition) is 7. The number of thioether (sulfide) groups is 1. The number of fused-ring (bicyclic) bond motifs is 1. The summed E-state index contributed by atoms with van der Waals surface area (Å²) in [6.45, 7) is 5.99. The summed E-state index contributed by atoms with van der Waals surface area (Å²) in [6, 6.07) is 1.46. The van der Waals surface area contributed by atoms with Gasteiger partial charge >= 0.3 is 5.97 Å². The zero-order valence-corrected chi connectivity index (χ0v) is 16.5. The van der Waals surface area contributed by atoms with Gasteiger partial charge in [-0.15, -0.1) is 11.3 Å². The summed E-state index contributed by atoms with van der Waals surface area (Å²) < 4.78 is 4.79. The monoisotopic (exact) mass is 381 g/mol. The molecule has 8 heteroatoms. The fourth-order valence-electron chi connectivity index (χ4n) is 2.32.